The first kappa shape index (κ1) is 15.1. The Bertz CT molecular complexity index is 748. The van der Waals surface area contributed by atoms with Crippen LogP contribution < -0.4 is 0 Å². The number of nitrogens with one attached hydrogen (secondary N) is 1. The number of hydrogen-bond donors (Lipinski definition) is 1. The lowest BCUT2D eigenvalue weighted by molar-refractivity contribution is -0.142. The van der Waals surface area contributed by atoms with Gasteiger partial charge in [-0.3, -0.25) is 9.79 Å². The molecular formula is C17H19ClN2O2. The van der Waals surface area contributed by atoms with E-state index in [9.17, 15) is 4.79 Å². The second-order valence-corrected chi connectivity index (χ2v) is 6.30. The van der Waals surface area contributed by atoms with Crippen molar-refractivity contribution in [3.8, 4) is 0 Å². The smallest absolute Gasteiger partial charge is 0.302 e. The number of halogens is 1. The summed E-state index contributed by atoms with van der Waals surface area (Å²) in [5.74, 6) is 0.00183. The van der Waals surface area contributed by atoms with Crippen molar-refractivity contribution in [2.45, 2.75) is 26.7 Å². The molecule has 1 N–H and O–H groups in total. The first-order valence-corrected chi connectivity index (χ1v) is 7.89. The molecule has 0 saturated carbocycles. The van der Waals surface area contributed by atoms with Gasteiger partial charge < -0.3 is 9.72 Å². The summed E-state index contributed by atoms with van der Waals surface area (Å²) in [5, 5.41) is 1.93. The van der Waals surface area contributed by atoms with Crippen molar-refractivity contribution in [3.63, 3.8) is 0 Å². The maximum absolute atomic E-state index is 10.9. The van der Waals surface area contributed by atoms with Crippen molar-refractivity contribution < 1.29 is 9.53 Å². The molecule has 3 rings (SSSR count). The Morgan fingerprint density at radius 2 is 2.32 bits per heavy atom. The SMILES string of the molecule is CC(=O)OCC(C)CC1=NCCc2c1[nH]c1ccc(Cl)cc21. The minimum atomic E-state index is -0.238. The number of nitrogens with zero attached hydrogens (tertiary/aromatic N) is 1. The molecule has 0 radical (unpaired) electrons. The highest BCUT2D eigenvalue weighted by atomic mass is 35.5. The normalized spacial score (nSPS) is 15.3. The molecule has 2 heterocycles. The van der Waals surface area contributed by atoms with E-state index in [1.165, 1.54) is 17.9 Å². The molecule has 1 aromatic heterocycles. The molecule has 0 amide bonds. The highest BCUT2D eigenvalue weighted by Gasteiger charge is 2.21. The van der Waals surface area contributed by atoms with Gasteiger partial charge in [0.15, 0.2) is 0 Å². The number of rotatable bonds is 4. The molecule has 22 heavy (non-hydrogen) atoms. The number of carbonyl (C=O) groups excluding carboxylic acids is 1. The van der Waals surface area contributed by atoms with Crippen LogP contribution in [0.3, 0.4) is 0 Å². The lowest BCUT2D eigenvalue weighted by Crippen LogP contribution is -2.18. The predicted molar refractivity (Wildman–Crippen MR) is 88.8 cm³/mol. The monoisotopic (exact) mass is 318 g/mol. The summed E-state index contributed by atoms with van der Waals surface area (Å²) >= 11 is 6.12. The van der Waals surface area contributed by atoms with Crippen molar-refractivity contribution in [1.82, 2.24) is 4.98 Å². The fourth-order valence-electron chi connectivity index (χ4n) is 2.92. The van der Waals surface area contributed by atoms with E-state index in [2.05, 4.69) is 16.9 Å². The highest BCUT2D eigenvalue weighted by Crippen LogP contribution is 2.29. The van der Waals surface area contributed by atoms with Crippen LogP contribution in [0.1, 0.15) is 31.5 Å². The Kier molecular flexibility index (Phi) is 4.21. The van der Waals surface area contributed by atoms with E-state index in [1.54, 1.807) is 0 Å². The zero-order chi connectivity index (χ0) is 15.7. The van der Waals surface area contributed by atoms with E-state index in [0.29, 0.717) is 6.61 Å². The van der Waals surface area contributed by atoms with E-state index in [4.69, 9.17) is 16.3 Å². The topological polar surface area (TPSA) is 54.4 Å². The summed E-state index contributed by atoms with van der Waals surface area (Å²) in [4.78, 5) is 19.1. The summed E-state index contributed by atoms with van der Waals surface area (Å²) < 4.78 is 5.09. The average molecular weight is 319 g/mol. The van der Waals surface area contributed by atoms with Crippen LogP contribution in [-0.4, -0.2) is 29.8 Å². The zero-order valence-corrected chi connectivity index (χ0v) is 13.5. The van der Waals surface area contributed by atoms with Crippen LogP contribution in [0, 0.1) is 5.92 Å². The fraction of sp³-hybridized carbons (Fsp3) is 0.412. The summed E-state index contributed by atoms with van der Waals surface area (Å²) in [6.07, 6.45) is 1.72. The minimum Gasteiger partial charge on any atom is -0.466 e. The van der Waals surface area contributed by atoms with E-state index in [-0.39, 0.29) is 11.9 Å². The van der Waals surface area contributed by atoms with Crippen LogP contribution in [0.2, 0.25) is 5.02 Å². The van der Waals surface area contributed by atoms with Gasteiger partial charge in [0.25, 0.3) is 0 Å². The van der Waals surface area contributed by atoms with Crippen molar-refractivity contribution >= 4 is 34.2 Å². The summed E-state index contributed by atoms with van der Waals surface area (Å²) in [7, 11) is 0. The molecule has 0 spiro atoms. The van der Waals surface area contributed by atoms with Gasteiger partial charge in [-0.15, -0.1) is 0 Å². The highest BCUT2D eigenvalue weighted by molar-refractivity contribution is 6.31. The van der Waals surface area contributed by atoms with Gasteiger partial charge in [0.2, 0.25) is 0 Å². The molecule has 1 aliphatic heterocycles. The molecule has 1 aliphatic rings. The Hall–Kier alpha value is -1.81. The van der Waals surface area contributed by atoms with Crippen LogP contribution in [0.15, 0.2) is 23.2 Å². The number of fused-ring (bicyclic) bond motifs is 3. The number of ether oxygens (including phenoxy) is 1. The van der Waals surface area contributed by atoms with Gasteiger partial charge in [0.1, 0.15) is 0 Å². The molecule has 0 aliphatic carbocycles. The predicted octanol–water partition coefficient (Wildman–Crippen LogP) is 3.76. The number of esters is 1. The Morgan fingerprint density at radius 3 is 3.09 bits per heavy atom. The largest absolute Gasteiger partial charge is 0.466 e. The molecule has 116 valence electrons. The number of hydrogen-bond acceptors (Lipinski definition) is 3. The molecule has 5 heteroatoms. The molecule has 0 bridgehead atoms. The Balaban J connectivity index is 1.85. The van der Waals surface area contributed by atoms with Gasteiger partial charge in [-0.05, 0) is 42.5 Å². The second kappa shape index (κ2) is 6.13. The summed E-state index contributed by atoms with van der Waals surface area (Å²) in [5.41, 5.74) is 4.56. The van der Waals surface area contributed by atoms with Crippen molar-refractivity contribution in [2.75, 3.05) is 13.2 Å². The first-order valence-electron chi connectivity index (χ1n) is 7.51. The summed E-state index contributed by atoms with van der Waals surface area (Å²) in [6, 6.07) is 5.92. The Labute approximate surface area is 134 Å². The van der Waals surface area contributed by atoms with Gasteiger partial charge in [0, 0.05) is 29.4 Å². The maximum Gasteiger partial charge on any atom is 0.302 e. The van der Waals surface area contributed by atoms with E-state index in [1.807, 2.05) is 18.2 Å². The molecule has 2 aromatic rings. The third kappa shape index (κ3) is 3.02. The van der Waals surface area contributed by atoms with Crippen molar-refractivity contribution in [3.05, 3.63) is 34.5 Å². The van der Waals surface area contributed by atoms with Crippen molar-refractivity contribution in [2.24, 2.45) is 10.9 Å². The lowest BCUT2D eigenvalue weighted by Gasteiger charge is -2.17. The van der Waals surface area contributed by atoms with Crippen LogP contribution >= 0.6 is 11.6 Å². The molecule has 0 fully saturated rings. The van der Waals surface area contributed by atoms with Crippen LogP contribution in [0.25, 0.3) is 10.9 Å². The second-order valence-electron chi connectivity index (χ2n) is 5.86. The quantitative estimate of drug-likeness (QED) is 0.873. The third-order valence-electron chi connectivity index (χ3n) is 3.93. The van der Waals surface area contributed by atoms with Gasteiger partial charge in [-0.2, -0.15) is 0 Å². The number of carbonyl (C=O) groups is 1. The van der Waals surface area contributed by atoms with Gasteiger partial charge in [0.05, 0.1) is 18.0 Å². The maximum atomic E-state index is 10.9. The molecule has 0 saturated heterocycles. The lowest BCUT2D eigenvalue weighted by atomic mass is 9.96. The number of H-pyrrole nitrogens is 1. The van der Waals surface area contributed by atoms with Crippen LogP contribution in [-0.2, 0) is 16.0 Å². The van der Waals surface area contributed by atoms with Crippen LogP contribution in [0.4, 0.5) is 0 Å². The molecule has 1 unspecified atom stereocenters. The van der Waals surface area contributed by atoms with Crippen LogP contribution in [0.5, 0.6) is 0 Å². The van der Waals surface area contributed by atoms with Crippen molar-refractivity contribution in [1.29, 1.82) is 0 Å². The van der Waals surface area contributed by atoms with Gasteiger partial charge in [-0.1, -0.05) is 18.5 Å². The van der Waals surface area contributed by atoms with E-state index < -0.39 is 0 Å². The Morgan fingerprint density at radius 1 is 1.50 bits per heavy atom. The minimum absolute atomic E-state index is 0.238. The molecule has 4 nitrogen and oxygen atoms in total. The summed E-state index contributed by atoms with van der Waals surface area (Å²) in [6.45, 7) is 4.72. The number of benzene rings is 1. The molecule has 1 atom stereocenters. The first-order chi connectivity index (χ1) is 10.5. The standard InChI is InChI=1S/C17H19ClN2O2/c1-10(9-22-11(2)21)7-16-17-13(5-6-19-16)14-8-12(18)3-4-15(14)20-17/h3-4,8,10,20H,5-7,9H2,1-2H3. The fourth-order valence-corrected chi connectivity index (χ4v) is 3.09. The third-order valence-corrected chi connectivity index (χ3v) is 4.17. The number of aromatic amines is 1. The number of aliphatic imine (C=N–C) groups is 1. The molecule has 1 aromatic carbocycles. The van der Waals surface area contributed by atoms with Gasteiger partial charge >= 0.3 is 5.97 Å². The average Bonchev–Trinajstić information content (AvgIpc) is 2.84. The van der Waals surface area contributed by atoms with Gasteiger partial charge in [-0.25, -0.2) is 0 Å². The van der Waals surface area contributed by atoms with E-state index >= 15 is 0 Å². The number of aromatic nitrogens is 1. The zero-order valence-electron chi connectivity index (χ0n) is 12.8. The van der Waals surface area contributed by atoms with E-state index in [0.717, 1.165) is 41.3 Å². The molecular weight excluding hydrogens is 300 g/mol.